The Morgan fingerprint density at radius 1 is 1.10 bits per heavy atom. The molecule has 0 atom stereocenters. The van der Waals surface area contributed by atoms with Crippen LogP contribution in [-0.4, -0.2) is 54.8 Å². The molecule has 14 nitrogen and oxygen atoms in total. The number of benzene rings is 2. The van der Waals surface area contributed by atoms with Gasteiger partial charge in [-0.05, 0) is 41.8 Å². The van der Waals surface area contributed by atoms with Gasteiger partial charge in [0.2, 0.25) is 0 Å². The lowest BCUT2D eigenvalue weighted by Crippen LogP contribution is -2.27. The van der Waals surface area contributed by atoms with Gasteiger partial charge in [0.05, 0.1) is 11.3 Å². The summed E-state index contributed by atoms with van der Waals surface area (Å²) in [6, 6.07) is 10.4. The van der Waals surface area contributed by atoms with E-state index < -0.39 is 17.3 Å². The summed E-state index contributed by atoms with van der Waals surface area (Å²) in [5, 5.41) is 26.2. The second-order valence-corrected chi connectivity index (χ2v) is 9.59. The number of aryl methyl sites for hydroxylation is 2. The molecule has 40 heavy (non-hydrogen) atoms. The van der Waals surface area contributed by atoms with Gasteiger partial charge < -0.3 is 14.4 Å². The van der Waals surface area contributed by atoms with Crippen molar-refractivity contribution < 1.29 is 14.6 Å². The number of esters is 1. The van der Waals surface area contributed by atoms with Crippen molar-refractivity contribution in [2.45, 2.75) is 19.8 Å². The van der Waals surface area contributed by atoms with Crippen LogP contribution >= 0.6 is 0 Å². The third-order valence-corrected chi connectivity index (χ3v) is 6.69. The topological polar surface area (TPSA) is 167 Å². The quantitative estimate of drug-likeness (QED) is 0.245. The highest BCUT2D eigenvalue weighted by molar-refractivity contribution is 5.95. The number of H-pyrrole nitrogens is 1. The summed E-state index contributed by atoms with van der Waals surface area (Å²) in [5.41, 5.74) is 1.10. The summed E-state index contributed by atoms with van der Waals surface area (Å²) in [6.07, 6.45) is 3.09. The van der Waals surface area contributed by atoms with Gasteiger partial charge in [-0.2, -0.15) is 9.78 Å². The van der Waals surface area contributed by atoms with Crippen LogP contribution in [0.1, 0.15) is 35.8 Å². The normalized spacial score (nSPS) is 11.6. The number of ether oxygens (including phenoxy) is 1. The number of phenols is 1. The van der Waals surface area contributed by atoms with Crippen LogP contribution < -0.4 is 16.1 Å². The minimum Gasteiger partial charge on any atom is -0.507 e. The van der Waals surface area contributed by atoms with E-state index in [1.807, 2.05) is 49.9 Å². The number of nitrogens with one attached hydrogen (secondary N) is 1. The summed E-state index contributed by atoms with van der Waals surface area (Å²) in [5.74, 6) is -1.05. The van der Waals surface area contributed by atoms with Crippen molar-refractivity contribution in [3.05, 3.63) is 81.1 Å². The monoisotopic (exact) mass is 541 g/mol. The van der Waals surface area contributed by atoms with Crippen molar-refractivity contribution >= 4 is 22.5 Å². The van der Waals surface area contributed by atoms with Crippen molar-refractivity contribution in [1.29, 1.82) is 0 Å². The fourth-order valence-electron chi connectivity index (χ4n) is 4.60. The zero-order valence-electron chi connectivity index (χ0n) is 21.9. The number of aromatic amines is 1. The van der Waals surface area contributed by atoms with E-state index >= 15 is 0 Å². The predicted molar refractivity (Wildman–Crippen MR) is 143 cm³/mol. The molecule has 2 N–H and O–H groups in total. The molecule has 6 rings (SSSR count). The van der Waals surface area contributed by atoms with Gasteiger partial charge in [0, 0.05) is 37.3 Å². The van der Waals surface area contributed by atoms with Crippen molar-refractivity contribution in [1.82, 2.24) is 43.7 Å². The number of carbonyl (C=O) groups is 1. The molecule has 0 saturated carbocycles. The number of aromatic nitrogens is 9. The minimum atomic E-state index is -0.882. The zero-order valence-corrected chi connectivity index (χ0v) is 21.9. The van der Waals surface area contributed by atoms with E-state index in [0.717, 1.165) is 26.3 Å². The van der Waals surface area contributed by atoms with Crippen LogP contribution in [0.3, 0.4) is 0 Å². The van der Waals surface area contributed by atoms with Crippen LogP contribution in [-0.2, 0) is 14.1 Å². The molecule has 4 heterocycles. The van der Waals surface area contributed by atoms with Crippen LogP contribution in [0.25, 0.3) is 33.6 Å². The molecule has 0 unspecified atom stereocenters. The number of imidazole rings is 1. The number of fused-ring (bicyclic) bond motifs is 2. The largest absolute Gasteiger partial charge is 0.507 e. The smallest absolute Gasteiger partial charge is 0.366 e. The molecule has 202 valence electrons. The average molecular weight is 542 g/mol. The van der Waals surface area contributed by atoms with Crippen LogP contribution in [0.5, 0.6) is 11.5 Å². The molecule has 14 heteroatoms. The molecule has 2 aromatic carbocycles. The van der Waals surface area contributed by atoms with E-state index in [0.29, 0.717) is 11.3 Å². The molecule has 0 spiro atoms. The number of hydrogen-bond acceptors (Lipinski definition) is 9. The van der Waals surface area contributed by atoms with Crippen molar-refractivity contribution in [3.8, 4) is 28.6 Å². The highest BCUT2D eigenvalue weighted by Crippen LogP contribution is 2.38. The van der Waals surface area contributed by atoms with Gasteiger partial charge in [0.1, 0.15) is 17.8 Å². The van der Waals surface area contributed by atoms with E-state index in [4.69, 9.17) is 4.74 Å². The van der Waals surface area contributed by atoms with E-state index in [9.17, 15) is 19.5 Å². The van der Waals surface area contributed by atoms with Crippen LogP contribution in [0.4, 0.5) is 0 Å². The first-order valence-corrected chi connectivity index (χ1v) is 12.2. The lowest BCUT2D eigenvalue weighted by molar-refractivity contribution is 0.0729. The molecule has 0 amide bonds. The highest BCUT2D eigenvalue weighted by atomic mass is 16.5. The molecule has 6 aromatic rings. The fraction of sp³-hybridized carbons (Fsp3) is 0.192. The fourth-order valence-corrected chi connectivity index (χ4v) is 4.60. The lowest BCUT2D eigenvalue weighted by atomic mass is 9.98. The summed E-state index contributed by atoms with van der Waals surface area (Å²) >= 11 is 0. The Morgan fingerprint density at radius 2 is 1.90 bits per heavy atom. The summed E-state index contributed by atoms with van der Waals surface area (Å²) in [7, 11) is 3.35. The Kier molecular flexibility index (Phi) is 5.60. The van der Waals surface area contributed by atoms with E-state index in [-0.39, 0.29) is 40.1 Å². The molecule has 0 aliphatic rings. The number of nitrogens with zero attached hydrogens (tertiary/aromatic N) is 8. The molecule has 0 aliphatic carbocycles. The third kappa shape index (κ3) is 3.84. The number of carbonyl (C=O) groups excluding carboxylic acids is 1. The summed E-state index contributed by atoms with van der Waals surface area (Å²) in [6.45, 7) is 3.77. The molecule has 0 saturated heterocycles. The highest BCUT2D eigenvalue weighted by Gasteiger charge is 2.24. The molecule has 0 bridgehead atoms. The van der Waals surface area contributed by atoms with Crippen LogP contribution in [0.2, 0.25) is 0 Å². The lowest BCUT2D eigenvalue weighted by Gasteiger charge is -2.16. The van der Waals surface area contributed by atoms with Gasteiger partial charge in [-0.3, -0.25) is 0 Å². The van der Waals surface area contributed by atoms with Gasteiger partial charge in [-0.25, -0.2) is 33.4 Å². The Bertz CT molecular complexity index is 2080. The molecular weight excluding hydrogens is 518 g/mol. The van der Waals surface area contributed by atoms with Gasteiger partial charge in [0.25, 0.3) is 0 Å². The van der Waals surface area contributed by atoms with E-state index in [2.05, 4.69) is 25.5 Å². The Hall–Kier alpha value is -5.53. The average Bonchev–Trinajstić information content (AvgIpc) is 3.63. The number of aromatic hydroxyl groups is 1. The second-order valence-electron chi connectivity index (χ2n) is 9.59. The Balaban J connectivity index is 1.42. The SMILES string of the molecule is CC(C)c1cc(-c2n[nH]c(=O)n2-c2ccc3c(ccn3C)c2)c(O)cc1OC(=O)c1ncn2c(=O)n(C)nnc12. The van der Waals surface area contributed by atoms with Gasteiger partial charge in [-0.15, -0.1) is 5.10 Å². The third-order valence-electron chi connectivity index (χ3n) is 6.69. The number of phenolic OH excluding ortho intramolecular Hbond substituents is 1. The Morgan fingerprint density at radius 3 is 2.67 bits per heavy atom. The van der Waals surface area contributed by atoms with Crippen molar-refractivity contribution in [2.75, 3.05) is 0 Å². The van der Waals surface area contributed by atoms with E-state index in [1.165, 1.54) is 17.7 Å². The van der Waals surface area contributed by atoms with Crippen molar-refractivity contribution in [3.63, 3.8) is 0 Å². The second kappa shape index (κ2) is 9.04. The zero-order chi connectivity index (χ0) is 28.3. The first-order chi connectivity index (χ1) is 19.1. The minimum absolute atomic E-state index is 0.0593. The molecule has 0 radical (unpaired) electrons. The maximum absolute atomic E-state index is 13.1. The predicted octanol–water partition coefficient (Wildman–Crippen LogP) is 1.90. The summed E-state index contributed by atoms with van der Waals surface area (Å²) < 4.78 is 11.0. The molecule has 4 aromatic heterocycles. The number of rotatable bonds is 5. The summed E-state index contributed by atoms with van der Waals surface area (Å²) in [4.78, 5) is 42.1. The van der Waals surface area contributed by atoms with Crippen LogP contribution in [0, 0.1) is 0 Å². The van der Waals surface area contributed by atoms with E-state index in [1.54, 1.807) is 12.1 Å². The Labute approximate surface area is 224 Å². The van der Waals surface area contributed by atoms with Gasteiger partial charge in [-0.1, -0.05) is 19.1 Å². The number of hydrogen-bond donors (Lipinski definition) is 2. The molecule has 0 aliphatic heterocycles. The van der Waals surface area contributed by atoms with Gasteiger partial charge in [0.15, 0.2) is 17.2 Å². The first-order valence-electron chi connectivity index (χ1n) is 12.2. The van der Waals surface area contributed by atoms with Crippen LogP contribution in [0.15, 0.2) is 58.5 Å². The maximum Gasteiger partial charge on any atom is 0.366 e. The molecular formula is C26H23N9O5. The van der Waals surface area contributed by atoms with Gasteiger partial charge >= 0.3 is 17.3 Å². The molecule has 0 fully saturated rings. The van der Waals surface area contributed by atoms with Crippen molar-refractivity contribution in [2.24, 2.45) is 14.1 Å². The standard InChI is InChI=1S/C26H23N9O5/c1-13(2)16-10-17(22-28-30-25(38)35(22)15-5-6-18-14(9-15)7-8-32(18)3)19(36)11-20(16)40-24(37)21-23-29-31-33(4)26(39)34(23)12-27-21/h5-13,36H,1-4H3,(H,30,38). The first kappa shape index (κ1) is 24.8. The maximum atomic E-state index is 13.1.